The lowest BCUT2D eigenvalue weighted by Gasteiger charge is -2.32. The van der Waals surface area contributed by atoms with Gasteiger partial charge in [0.25, 0.3) is 0 Å². The Labute approximate surface area is 160 Å². The largest absolute Gasteiger partial charge is 0.304 e. The van der Waals surface area contributed by atoms with Crippen LogP contribution >= 0.6 is 0 Å². The van der Waals surface area contributed by atoms with Crippen LogP contribution in [0.25, 0.3) is 10.9 Å². The molecule has 0 amide bonds. The molecule has 0 radical (unpaired) electrons. The number of nitrogens with zero attached hydrogens (tertiary/aromatic N) is 3. The van der Waals surface area contributed by atoms with E-state index in [4.69, 9.17) is 0 Å². The van der Waals surface area contributed by atoms with E-state index in [1.807, 2.05) is 18.2 Å². The molecule has 6 heteroatoms. The molecule has 1 aliphatic rings. The first-order chi connectivity index (χ1) is 13.0. The standard InChI is InChI=1S/C21H23N3O2S/c1-23-10-12-24(13-11-23)16-18-7-5-6-17-14-20(15-22-21(17)18)27(25,26)19-8-3-2-4-9-19/h2-9,14-15H,10-13,16H2,1H3. The number of hydrogen-bond donors (Lipinski definition) is 0. The van der Waals surface area contributed by atoms with Crippen LogP contribution in [0.5, 0.6) is 0 Å². The van der Waals surface area contributed by atoms with Gasteiger partial charge in [0.1, 0.15) is 0 Å². The molecule has 0 atom stereocenters. The molecular weight excluding hydrogens is 358 g/mol. The van der Waals surface area contributed by atoms with E-state index in [1.165, 1.54) is 6.20 Å². The summed E-state index contributed by atoms with van der Waals surface area (Å²) in [5, 5.41) is 0.860. The van der Waals surface area contributed by atoms with E-state index in [0.717, 1.165) is 49.2 Å². The summed E-state index contributed by atoms with van der Waals surface area (Å²) >= 11 is 0. The number of piperazine rings is 1. The summed E-state index contributed by atoms with van der Waals surface area (Å²) < 4.78 is 25.7. The van der Waals surface area contributed by atoms with Crippen molar-refractivity contribution in [3.63, 3.8) is 0 Å². The molecule has 27 heavy (non-hydrogen) atoms. The summed E-state index contributed by atoms with van der Waals surface area (Å²) in [5.41, 5.74) is 2.02. The number of sulfone groups is 1. The number of rotatable bonds is 4. The Morgan fingerprint density at radius 2 is 1.67 bits per heavy atom. The molecule has 1 aromatic heterocycles. The minimum atomic E-state index is -3.56. The van der Waals surface area contributed by atoms with Crippen LogP contribution in [-0.2, 0) is 16.4 Å². The van der Waals surface area contributed by atoms with E-state index in [-0.39, 0.29) is 4.90 Å². The van der Waals surface area contributed by atoms with Crippen molar-refractivity contribution >= 4 is 20.7 Å². The lowest BCUT2D eigenvalue weighted by atomic mass is 10.1. The smallest absolute Gasteiger partial charge is 0.208 e. The number of pyridine rings is 1. The van der Waals surface area contributed by atoms with Crippen LogP contribution in [0.1, 0.15) is 5.56 Å². The topological polar surface area (TPSA) is 53.5 Å². The van der Waals surface area contributed by atoms with Crippen LogP contribution in [-0.4, -0.2) is 56.4 Å². The third kappa shape index (κ3) is 3.74. The zero-order valence-electron chi connectivity index (χ0n) is 15.4. The van der Waals surface area contributed by atoms with Crippen LogP contribution in [0, 0.1) is 0 Å². The van der Waals surface area contributed by atoms with Crippen molar-refractivity contribution in [3.8, 4) is 0 Å². The number of hydrogen-bond acceptors (Lipinski definition) is 5. The predicted octanol–water partition coefficient (Wildman–Crippen LogP) is 2.82. The predicted molar refractivity (Wildman–Crippen MR) is 106 cm³/mol. The Kier molecular flexibility index (Phi) is 4.95. The molecule has 5 nitrogen and oxygen atoms in total. The maximum absolute atomic E-state index is 12.9. The molecule has 0 N–H and O–H groups in total. The molecule has 2 aromatic carbocycles. The van der Waals surface area contributed by atoms with Gasteiger partial charge in [-0.2, -0.15) is 0 Å². The normalized spacial score (nSPS) is 16.6. The lowest BCUT2D eigenvalue weighted by molar-refractivity contribution is 0.148. The van der Waals surface area contributed by atoms with Crippen LogP contribution in [0.3, 0.4) is 0 Å². The highest BCUT2D eigenvalue weighted by molar-refractivity contribution is 7.91. The Morgan fingerprint density at radius 1 is 0.926 bits per heavy atom. The number of aromatic nitrogens is 1. The average molecular weight is 382 g/mol. The van der Waals surface area contributed by atoms with Gasteiger partial charge < -0.3 is 4.90 Å². The van der Waals surface area contributed by atoms with Crippen LogP contribution in [0.4, 0.5) is 0 Å². The van der Waals surface area contributed by atoms with Crippen LogP contribution < -0.4 is 0 Å². The molecule has 1 aliphatic heterocycles. The van der Waals surface area contributed by atoms with Crippen molar-refractivity contribution in [1.29, 1.82) is 0 Å². The van der Waals surface area contributed by atoms with Gasteiger partial charge in [-0.1, -0.05) is 36.4 Å². The number of likely N-dealkylation sites (N-methyl/N-ethyl adjacent to an activating group) is 1. The van der Waals surface area contributed by atoms with Gasteiger partial charge in [-0.05, 0) is 30.8 Å². The summed E-state index contributed by atoms with van der Waals surface area (Å²) in [6.07, 6.45) is 1.48. The van der Waals surface area contributed by atoms with Crippen molar-refractivity contribution in [1.82, 2.24) is 14.8 Å². The van der Waals surface area contributed by atoms with Gasteiger partial charge in [-0.25, -0.2) is 8.42 Å². The van der Waals surface area contributed by atoms with Gasteiger partial charge in [-0.3, -0.25) is 9.88 Å². The van der Waals surface area contributed by atoms with Gasteiger partial charge in [0.15, 0.2) is 0 Å². The second-order valence-electron chi connectivity index (χ2n) is 7.06. The third-order valence-electron chi connectivity index (χ3n) is 5.12. The molecule has 0 saturated carbocycles. The van der Waals surface area contributed by atoms with Gasteiger partial charge in [0.05, 0.1) is 15.3 Å². The fraction of sp³-hybridized carbons (Fsp3) is 0.286. The zero-order chi connectivity index (χ0) is 18.9. The van der Waals surface area contributed by atoms with E-state index in [2.05, 4.69) is 27.9 Å². The lowest BCUT2D eigenvalue weighted by Crippen LogP contribution is -2.43. The SMILES string of the molecule is CN1CCN(Cc2cccc3cc(S(=O)(=O)c4ccccc4)cnc23)CC1. The highest BCUT2D eigenvalue weighted by Gasteiger charge is 2.19. The monoisotopic (exact) mass is 381 g/mol. The Morgan fingerprint density at radius 3 is 2.41 bits per heavy atom. The minimum absolute atomic E-state index is 0.234. The molecule has 1 saturated heterocycles. The van der Waals surface area contributed by atoms with E-state index >= 15 is 0 Å². The van der Waals surface area contributed by atoms with Crippen molar-refractivity contribution < 1.29 is 8.42 Å². The summed E-state index contributed by atoms with van der Waals surface area (Å²) in [7, 11) is -1.41. The molecule has 0 spiro atoms. The van der Waals surface area contributed by atoms with Crippen molar-refractivity contribution in [2.24, 2.45) is 0 Å². The first kappa shape index (κ1) is 18.1. The Balaban J connectivity index is 1.66. The third-order valence-corrected chi connectivity index (χ3v) is 6.86. The van der Waals surface area contributed by atoms with E-state index in [9.17, 15) is 8.42 Å². The quantitative estimate of drug-likeness (QED) is 0.696. The molecule has 2 heterocycles. The summed E-state index contributed by atoms with van der Waals surface area (Å²) in [6.45, 7) is 5.04. The highest BCUT2D eigenvalue weighted by atomic mass is 32.2. The van der Waals surface area contributed by atoms with Gasteiger partial charge in [-0.15, -0.1) is 0 Å². The molecular formula is C21H23N3O2S. The molecule has 4 rings (SSSR count). The number of fused-ring (bicyclic) bond motifs is 1. The molecule has 0 bridgehead atoms. The van der Waals surface area contributed by atoms with Crippen LogP contribution in [0.15, 0.2) is 70.6 Å². The maximum atomic E-state index is 12.9. The Hall–Kier alpha value is -2.28. The van der Waals surface area contributed by atoms with Crippen molar-refractivity contribution in [3.05, 3.63) is 66.4 Å². The summed E-state index contributed by atoms with van der Waals surface area (Å²) in [4.78, 5) is 9.82. The fourth-order valence-electron chi connectivity index (χ4n) is 3.46. The van der Waals surface area contributed by atoms with Crippen molar-refractivity contribution in [2.45, 2.75) is 16.3 Å². The van der Waals surface area contributed by atoms with Gasteiger partial charge in [0, 0.05) is 44.3 Å². The van der Waals surface area contributed by atoms with Gasteiger partial charge >= 0.3 is 0 Å². The molecule has 0 aliphatic carbocycles. The van der Waals surface area contributed by atoms with Crippen LogP contribution in [0.2, 0.25) is 0 Å². The average Bonchev–Trinajstić information content (AvgIpc) is 2.70. The van der Waals surface area contributed by atoms with Gasteiger partial charge in [0.2, 0.25) is 9.84 Å². The summed E-state index contributed by atoms with van der Waals surface area (Å²) in [6, 6.07) is 16.2. The zero-order valence-corrected chi connectivity index (χ0v) is 16.2. The van der Waals surface area contributed by atoms with Crippen molar-refractivity contribution in [2.75, 3.05) is 33.2 Å². The highest BCUT2D eigenvalue weighted by Crippen LogP contribution is 2.25. The first-order valence-corrected chi connectivity index (χ1v) is 10.6. The number of para-hydroxylation sites is 1. The molecule has 3 aromatic rings. The maximum Gasteiger partial charge on any atom is 0.208 e. The Bertz CT molecular complexity index is 1040. The van der Waals surface area contributed by atoms with E-state index in [1.54, 1.807) is 30.3 Å². The minimum Gasteiger partial charge on any atom is -0.304 e. The van der Waals surface area contributed by atoms with E-state index < -0.39 is 9.84 Å². The molecule has 140 valence electrons. The van der Waals surface area contributed by atoms with E-state index in [0.29, 0.717) is 4.90 Å². The molecule has 0 unspecified atom stereocenters. The first-order valence-electron chi connectivity index (χ1n) is 9.13. The summed E-state index contributed by atoms with van der Waals surface area (Å²) in [5.74, 6) is 0. The fourth-order valence-corrected chi connectivity index (χ4v) is 4.72. The molecule has 1 fully saturated rings. The second-order valence-corrected chi connectivity index (χ2v) is 9.01. The second kappa shape index (κ2) is 7.38. The number of benzene rings is 2.